The third-order valence-electron chi connectivity index (χ3n) is 6.52. The Morgan fingerprint density at radius 2 is 1.69 bits per heavy atom. The number of rotatable bonds is 8. The zero-order valence-electron chi connectivity index (χ0n) is 19.2. The van der Waals surface area contributed by atoms with Gasteiger partial charge < -0.3 is 14.5 Å². The molecule has 2 amide bonds. The van der Waals surface area contributed by atoms with Crippen LogP contribution in [0.5, 0.6) is 5.75 Å². The van der Waals surface area contributed by atoms with Gasteiger partial charge in [-0.05, 0) is 90.7 Å². The van der Waals surface area contributed by atoms with Crippen LogP contribution in [-0.2, 0) is 11.2 Å². The molecule has 2 aliphatic rings. The van der Waals surface area contributed by atoms with Gasteiger partial charge in [-0.2, -0.15) is 0 Å². The molecule has 1 aliphatic heterocycles. The topological polar surface area (TPSA) is 49.9 Å². The molecule has 182 valence electrons. The zero-order valence-corrected chi connectivity index (χ0v) is 20.0. The highest BCUT2D eigenvalue weighted by Gasteiger charge is 2.35. The number of thiophene rings is 1. The molecule has 35 heavy (non-hydrogen) atoms. The molecular weight excluding hydrogens is 470 g/mol. The van der Waals surface area contributed by atoms with Crippen molar-refractivity contribution in [2.24, 2.45) is 5.92 Å². The second-order valence-electron chi connectivity index (χ2n) is 9.05. The average Bonchev–Trinajstić information content (AvgIpc) is 3.55. The van der Waals surface area contributed by atoms with Crippen LogP contribution in [0.4, 0.5) is 8.78 Å². The van der Waals surface area contributed by atoms with E-state index in [1.807, 2.05) is 11.4 Å². The van der Waals surface area contributed by atoms with Crippen LogP contribution in [0, 0.1) is 17.6 Å². The second-order valence-corrected chi connectivity index (χ2v) is 10.1. The molecule has 5 rings (SSSR count). The molecule has 0 radical (unpaired) electrons. The van der Waals surface area contributed by atoms with Gasteiger partial charge in [0.2, 0.25) is 5.91 Å². The Labute approximate surface area is 206 Å². The summed E-state index contributed by atoms with van der Waals surface area (Å²) in [6.07, 6.45) is 2.83. The van der Waals surface area contributed by atoms with E-state index in [0.717, 1.165) is 24.8 Å². The van der Waals surface area contributed by atoms with Gasteiger partial charge >= 0.3 is 0 Å². The van der Waals surface area contributed by atoms with E-state index >= 15 is 0 Å². The van der Waals surface area contributed by atoms with Gasteiger partial charge in [-0.3, -0.25) is 9.59 Å². The molecule has 0 N–H and O–H groups in total. The third kappa shape index (κ3) is 5.53. The first-order chi connectivity index (χ1) is 17.0. The normalized spacial score (nSPS) is 17.1. The first kappa shape index (κ1) is 23.5. The van der Waals surface area contributed by atoms with Gasteiger partial charge in [-0.15, -0.1) is 11.3 Å². The lowest BCUT2D eigenvalue weighted by Crippen LogP contribution is -2.48. The highest BCUT2D eigenvalue weighted by Crippen LogP contribution is 2.35. The fraction of sp³-hybridized carbons (Fsp3) is 0.333. The smallest absolute Gasteiger partial charge is 0.254 e. The zero-order chi connectivity index (χ0) is 24.4. The van der Waals surface area contributed by atoms with Gasteiger partial charge in [0.15, 0.2) is 0 Å². The van der Waals surface area contributed by atoms with Crippen molar-refractivity contribution in [3.8, 4) is 5.75 Å². The molecule has 1 aromatic heterocycles. The lowest BCUT2D eigenvalue weighted by atomic mass is 10.0. The van der Waals surface area contributed by atoms with E-state index in [0.29, 0.717) is 30.3 Å². The minimum Gasteiger partial charge on any atom is -0.491 e. The van der Waals surface area contributed by atoms with Crippen LogP contribution in [-0.4, -0.2) is 47.9 Å². The first-order valence-electron chi connectivity index (χ1n) is 11.8. The lowest BCUT2D eigenvalue weighted by molar-refractivity contribution is -0.135. The molecule has 0 unspecified atom stereocenters. The minimum atomic E-state index is -0.407. The molecule has 0 saturated heterocycles. The van der Waals surface area contributed by atoms with E-state index in [1.165, 1.54) is 41.3 Å². The minimum absolute atomic E-state index is 0.0424. The first-order valence-corrected chi connectivity index (χ1v) is 12.6. The molecule has 3 aromatic rings. The number of benzene rings is 2. The summed E-state index contributed by atoms with van der Waals surface area (Å²) in [6, 6.07) is 13.0. The van der Waals surface area contributed by atoms with E-state index in [2.05, 4.69) is 0 Å². The summed E-state index contributed by atoms with van der Waals surface area (Å²) in [5.74, 6) is -0.232. The quantitative estimate of drug-likeness (QED) is 0.437. The van der Waals surface area contributed by atoms with Crippen LogP contribution < -0.4 is 4.74 Å². The number of carbonyl (C=O) groups is 2. The van der Waals surface area contributed by atoms with E-state index in [9.17, 15) is 18.4 Å². The summed E-state index contributed by atoms with van der Waals surface area (Å²) in [4.78, 5) is 31.4. The molecule has 2 heterocycles. The van der Waals surface area contributed by atoms with Crippen LogP contribution in [0.1, 0.15) is 39.7 Å². The average molecular weight is 497 g/mol. The number of halogens is 2. The van der Waals surface area contributed by atoms with Crippen molar-refractivity contribution in [1.82, 2.24) is 9.80 Å². The summed E-state index contributed by atoms with van der Waals surface area (Å²) in [6.45, 7) is 1.23. The number of fused-ring (bicyclic) bond motifs is 1. The maximum absolute atomic E-state index is 13.6. The Bertz CT molecular complexity index is 1190. The van der Waals surface area contributed by atoms with Gasteiger partial charge in [0.25, 0.3) is 5.91 Å². The van der Waals surface area contributed by atoms with E-state index in [4.69, 9.17) is 4.74 Å². The van der Waals surface area contributed by atoms with E-state index in [1.54, 1.807) is 33.3 Å². The van der Waals surface area contributed by atoms with Crippen molar-refractivity contribution in [2.45, 2.75) is 25.3 Å². The largest absolute Gasteiger partial charge is 0.491 e. The molecule has 8 heteroatoms. The standard InChI is InChI=1S/C27H26F2N2O3S/c28-20-5-3-19(4-6-20)27(33)30(15-18-1-2-18)16-26(32)31-13-11-25-23(12-14-35-25)24(31)17-34-22-9-7-21(29)8-10-22/h3-10,12,14,18,24H,1-2,11,13,15-17H2/t24-/m1/s1. The Morgan fingerprint density at radius 1 is 1.00 bits per heavy atom. The number of amides is 2. The van der Waals surface area contributed by atoms with Gasteiger partial charge in [-0.1, -0.05) is 0 Å². The van der Waals surface area contributed by atoms with Gasteiger partial charge in [0, 0.05) is 23.5 Å². The number of hydrogen-bond acceptors (Lipinski definition) is 4. The Kier molecular flexibility index (Phi) is 6.81. The highest BCUT2D eigenvalue weighted by molar-refractivity contribution is 7.10. The summed E-state index contributed by atoms with van der Waals surface area (Å²) in [5.41, 5.74) is 1.42. The second kappa shape index (κ2) is 10.2. The van der Waals surface area contributed by atoms with Gasteiger partial charge in [0.1, 0.15) is 30.5 Å². The summed E-state index contributed by atoms with van der Waals surface area (Å²) < 4.78 is 32.6. The molecular formula is C27H26F2N2O3S. The fourth-order valence-corrected chi connectivity index (χ4v) is 5.37. The molecule has 1 atom stereocenters. The van der Waals surface area contributed by atoms with E-state index in [-0.39, 0.29) is 36.8 Å². The number of ether oxygens (including phenoxy) is 1. The molecule has 1 fully saturated rings. The molecule has 0 spiro atoms. The van der Waals surface area contributed by atoms with Crippen molar-refractivity contribution < 1.29 is 23.1 Å². The van der Waals surface area contributed by atoms with Crippen LogP contribution in [0.3, 0.4) is 0 Å². The molecule has 5 nitrogen and oxygen atoms in total. The third-order valence-corrected chi connectivity index (χ3v) is 7.51. The maximum atomic E-state index is 13.6. The predicted molar refractivity (Wildman–Crippen MR) is 129 cm³/mol. The summed E-state index contributed by atoms with van der Waals surface area (Å²) in [5, 5.41) is 2.01. The number of carbonyl (C=O) groups excluding carboxylic acids is 2. The van der Waals surface area contributed by atoms with Crippen molar-refractivity contribution >= 4 is 23.2 Å². The van der Waals surface area contributed by atoms with Gasteiger partial charge in [0.05, 0.1) is 6.04 Å². The van der Waals surface area contributed by atoms with Gasteiger partial charge in [-0.25, -0.2) is 8.78 Å². The monoisotopic (exact) mass is 496 g/mol. The number of nitrogens with zero attached hydrogens (tertiary/aromatic N) is 2. The molecule has 2 aromatic carbocycles. The van der Waals surface area contributed by atoms with Crippen molar-refractivity contribution in [2.75, 3.05) is 26.2 Å². The predicted octanol–water partition coefficient (Wildman–Crippen LogP) is 5.08. The Balaban J connectivity index is 1.33. The maximum Gasteiger partial charge on any atom is 0.254 e. The van der Waals surface area contributed by atoms with Crippen molar-refractivity contribution in [1.29, 1.82) is 0 Å². The van der Waals surface area contributed by atoms with Crippen LogP contribution >= 0.6 is 11.3 Å². The highest BCUT2D eigenvalue weighted by atomic mass is 32.1. The van der Waals surface area contributed by atoms with Crippen LogP contribution in [0.25, 0.3) is 0 Å². The Hall–Kier alpha value is -3.26. The van der Waals surface area contributed by atoms with Crippen LogP contribution in [0.2, 0.25) is 0 Å². The lowest BCUT2D eigenvalue weighted by Gasteiger charge is -2.37. The summed E-state index contributed by atoms with van der Waals surface area (Å²) in [7, 11) is 0. The van der Waals surface area contributed by atoms with Crippen molar-refractivity contribution in [3.63, 3.8) is 0 Å². The van der Waals surface area contributed by atoms with E-state index < -0.39 is 5.82 Å². The SMILES string of the molecule is O=C(c1ccc(F)cc1)N(CC(=O)N1CCc2sccc2[C@H]1COc1ccc(F)cc1)CC1CC1. The summed E-state index contributed by atoms with van der Waals surface area (Å²) >= 11 is 1.66. The molecule has 1 saturated carbocycles. The molecule has 1 aliphatic carbocycles. The number of hydrogen-bond donors (Lipinski definition) is 0. The molecule has 0 bridgehead atoms. The Morgan fingerprint density at radius 3 is 2.37 bits per heavy atom. The van der Waals surface area contributed by atoms with Crippen LogP contribution in [0.15, 0.2) is 60.0 Å². The van der Waals surface area contributed by atoms with Crippen molar-refractivity contribution in [3.05, 3.63) is 87.6 Å². The fourth-order valence-electron chi connectivity index (χ4n) is 4.44.